The number of hydrogen-bond acceptors (Lipinski definition) is 4. The molecule has 3 rings (SSSR count). The number of nitrogens with one attached hydrogen (secondary N) is 1. The van der Waals surface area contributed by atoms with Gasteiger partial charge in [-0.2, -0.15) is 0 Å². The van der Waals surface area contributed by atoms with Crippen LogP contribution in [0.5, 0.6) is 0 Å². The van der Waals surface area contributed by atoms with Gasteiger partial charge in [-0.05, 0) is 31.5 Å². The van der Waals surface area contributed by atoms with Crippen LogP contribution in [-0.4, -0.2) is 67.0 Å². The molecule has 1 N–H and O–H groups in total. The summed E-state index contributed by atoms with van der Waals surface area (Å²) in [6, 6.07) is 5.35. The number of benzene rings is 1. The average Bonchev–Trinajstić information content (AvgIpc) is 2.81. The molecule has 0 spiro atoms. The van der Waals surface area contributed by atoms with Crippen molar-refractivity contribution in [2.45, 2.75) is 13.8 Å². The lowest BCUT2D eigenvalue weighted by molar-refractivity contribution is -0.907. The molecule has 25 heavy (non-hydrogen) atoms. The van der Waals surface area contributed by atoms with Gasteiger partial charge in [-0.15, -0.1) is 0 Å². The molecule has 0 bridgehead atoms. The van der Waals surface area contributed by atoms with Crippen molar-refractivity contribution in [2.24, 2.45) is 0 Å². The minimum absolute atomic E-state index is 0.219. The normalized spacial score (nSPS) is 19.3. The Bertz CT molecular complexity index is 716. The molecule has 0 aromatic heterocycles. The molecule has 0 aliphatic carbocycles. The van der Waals surface area contributed by atoms with E-state index in [4.69, 9.17) is 11.6 Å². The van der Waals surface area contributed by atoms with Gasteiger partial charge in [0.2, 0.25) is 0 Å². The largest absolute Gasteiger partial charge is 0.360 e. The Kier molecular flexibility index (Phi) is 4.96. The third-order valence-electron chi connectivity index (χ3n) is 4.82. The molecule has 1 aromatic carbocycles. The van der Waals surface area contributed by atoms with E-state index < -0.39 is 17.8 Å². The summed E-state index contributed by atoms with van der Waals surface area (Å²) in [6.45, 7) is 7.37. The van der Waals surface area contributed by atoms with Crippen LogP contribution in [0, 0.1) is 6.92 Å². The predicted octanol–water partition coefficient (Wildman–Crippen LogP) is 0.122. The average molecular weight is 366 g/mol. The first-order valence-electron chi connectivity index (χ1n) is 8.44. The number of imide groups is 2. The Labute approximate surface area is 151 Å². The number of anilines is 1. The number of urea groups is 1. The van der Waals surface area contributed by atoms with Crippen molar-refractivity contribution in [1.82, 2.24) is 9.80 Å². The fraction of sp³-hybridized carbons (Fsp3) is 0.471. The van der Waals surface area contributed by atoms with Gasteiger partial charge >= 0.3 is 17.8 Å². The molecule has 0 unspecified atom stereocenters. The van der Waals surface area contributed by atoms with Crippen molar-refractivity contribution in [3.63, 3.8) is 0 Å². The minimum Gasteiger partial charge on any atom is -0.360 e. The van der Waals surface area contributed by atoms with Crippen molar-refractivity contribution in [3.8, 4) is 0 Å². The van der Waals surface area contributed by atoms with E-state index in [0.717, 1.165) is 46.6 Å². The van der Waals surface area contributed by atoms with Crippen LogP contribution in [0.3, 0.4) is 0 Å². The number of halogens is 1. The van der Waals surface area contributed by atoms with Crippen molar-refractivity contribution in [3.05, 3.63) is 28.8 Å². The van der Waals surface area contributed by atoms with Crippen LogP contribution in [0.1, 0.15) is 12.5 Å². The molecular formula is C17H22ClN4O3+. The van der Waals surface area contributed by atoms with Gasteiger partial charge in [-0.25, -0.2) is 9.69 Å². The fourth-order valence-corrected chi connectivity index (χ4v) is 3.50. The molecule has 2 fully saturated rings. The molecule has 4 amide bonds. The molecule has 2 aliphatic heterocycles. The number of rotatable bonds is 4. The molecular weight excluding hydrogens is 344 g/mol. The highest BCUT2D eigenvalue weighted by Gasteiger charge is 2.45. The van der Waals surface area contributed by atoms with Gasteiger partial charge in [-0.3, -0.25) is 14.5 Å². The zero-order chi connectivity index (χ0) is 18.1. The molecule has 1 aromatic rings. The lowest BCUT2D eigenvalue weighted by Gasteiger charge is -2.35. The maximum Gasteiger partial charge on any atom is 0.338 e. The summed E-state index contributed by atoms with van der Waals surface area (Å²) in [6.07, 6.45) is 0. The van der Waals surface area contributed by atoms with E-state index in [1.807, 2.05) is 18.2 Å². The molecule has 0 atom stereocenters. The molecule has 0 radical (unpaired) electrons. The Morgan fingerprint density at radius 1 is 1.08 bits per heavy atom. The summed E-state index contributed by atoms with van der Waals surface area (Å²) in [5.74, 6) is -1.44. The van der Waals surface area contributed by atoms with Gasteiger partial charge in [0.15, 0.2) is 6.67 Å². The van der Waals surface area contributed by atoms with Crippen molar-refractivity contribution in [1.29, 1.82) is 0 Å². The summed E-state index contributed by atoms with van der Waals surface area (Å²) < 4.78 is 0. The van der Waals surface area contributed by atoms with E-state index in [0.29, 0.717) is 5.02 Å². The van der Waals surface area contributed by atoms with Crippen LogP contribution in [-0.2, 0) is 9.59 Å². The predicted molar refractivity (Wildman–Crippen MR) is 93.6 cm³/mol. The van der Waals surface area contributed by atoms with Crippen molar-refractivity contribution < 1.29 is 19.3 Å². The van der Waals surface area contributed by atoms with E-state index in [2.05, 4.69) is 11.8 Å². The third-order valence-corrected chi connectivity index (χ3v) is 5.05. The van der Waals surface area contributed by atoms with Gasteiger partial charge < -0.3 is 9.80 Å². The topological polar surface area (TPSA) is 65.4 Å². The van der Waals surface area contributed by atoms with Crippen LogP contribution in [0.2, 0.25) is 5.02 Å². The first kappa shape index (κ1) is 17.7. The number of likely N-dealkylation sites (N-methyl/N-ethyl adjacent to an activating group) is 1. The molecule has 7 nitrogen and oxygen atoms in total. The third kappa shape index (κ3) is 3.34. The second-order valence-corrected chi connectivity index (χ2v) is 6.83. The van der Waals surface area contributed by atoms with E-state index >= 15 is 0 Å². The van der Waals surface area contributed by atoms with Gasteiger partial charge in [-0.1, -0.05) is 17.7 Å². The standard InChI is InChI=1S/C17H21ClN4O3/c1-3-21-15(23)16(24)22(17(21)25)11-19-6-8-20(9-7-19)14-10-13(18)5-4-12(14)2/h4-5,10H,3,6-9,11H2,1-2H3/p+1. The first-order valence-corrected chi connectivity index (χ1v) is 8.82. The Balaban J connectivity index is 1.62. The molecule has 2 saturated heterocycles. The number of piperazine rings is 1. The van der Waals surface area contributed by atoms with Crippen LogP contribution in [0.25, 0.3) is 0 Å². The lowest BCUT2D eigenvalue weighted by atomic mass is 10.1. The smallest absolute Gasteiger partial charge is 0.338 e. The highest BCUT2D eigenvalue weighted by Crippen LogP contribution is 2.24. The monoisotopic (exact) mass is 365 g/mol. The Morgan fingerprint density at radius 2 is 1.72 bits per heavy atom. The molecule has 2 heterocycles. The highest BCUT2D eigenvalue weighted by molar-refractivity contribution is 6.44. The quantitative estimate of drug-likeness (QED) is 0.608. The fourth-order valence-electron chi connectivity index (χ4n) is 3.34. The number of amides is 4. The summed E-state index contributed by atoms with van der Waals surface area (Å²) in [5.41, 5.74) is 2.29. The van der Waals surface area contributed by atoms with Gasteiger partial charge in [0, 0.05) is 17.3 Å². The van der Waals surface area contributed by atoms with Crippen LogP contribution in [0.4, 0.5) is 10.5 Å². The first-order chi connectivity index (χ1) is 11.9. The van der Waals surface area contributed by atoms with Crippen molar-refractivity contribution >= 4 is 35.1 Å². The summed E-state index contributed by atoms with van der Waals surface area (Å²) >= 11 is 6.10. The zero-order valence-electron chi connectivity index (χ0n) is 14.4. The number of carbonyl (C=O) groups is 3. The van der Waals surface area contributed by atoms with Gasteiger partial charge in [0.1, 0.15) is 0 Å². The molecule has 134 valence electrons. The SMILES string of the molecule is CCN1C(=O)C(=O)N(C[NH+]2CCN(c3cc(Cl)ccc3C)CC2)C1=O. The zero-order valence-corrected chi connectivity index (χ0v) is 15.2. The number of nitrogens with zero attached hydrogens (tertiary/aromatic N) is 3. The second-order valence-electron chi connectivity index (χ2n) is 6.39. The van der Waals surface area contributed by atoms with E-state index in [1.165, 1.54) is 5.56 Å². The Hall–Kier alpha value is -2.12. The van der Waals surface area contributed by atoms with E-state index in [1.54, 1.807) is 6.92 Å². The number of quaternary nitrogens is 1. The number of carbonyl (C=O) groups excluding carboxylic acids is 3. The summed E-state index contributed by atoms with van der Waals surface area (Å²) in [4.78, 5) is 41.4. The summed E-state index contributed by atoms with van der Waals surface area (Å²) in [7, 11) is 0. The Morgan fingerprint density at radius 3 is 2.32 bits per heavy atom. The molecule has 8 heteroatoms. The lowest BCUT2D eigenvalue weighted by Crippen LogP contribution is -3.16. The highest BCUT2D eigenvalue weighted by atomic mass is 35.5. The number of aryl methyl sites for hydroxylation is 1. The molecule has 0 saturated carbocycles. The van der Waals surface area contributed by atoms with Crippen LogP contribution in [0.15, 0.2) is 18.2 Å². The van der Waals surface area contributed by atoms with Crippen molar-refractivity contribution in [2.75, 3.05) is 44.3 Å². The van der Waals surface area contributed by atoms with Crippen LogP contribution < -0.4 is 9.80 Å². The maximum atomic E-state index is 12.2. The van der Waals surface area contributed by atoms with Gasteiger partial charge in [0.25, 0.3) is 0 Å². The van der Waals surface area contributed by atoms with Gasteiger partial charge in [0.05, 0.1) is 26.2 Å². The second kappa shape index (κ2) is 7.01. The number of hydrogen-bond donors (Lipinski definition) is 1. The maximum absolute atomic E-state index is 12.2. The minimum atomic E-state index is -0.722. The van der Waals surface area contributed by atoms with E-state index in [-0.39, 0.29) is 13.2 Å². The summed E-state index contributed by atoms with van der Waals surface area (Å²) in [5, 5.41) is 0.710. The van der Waals surface area contributed by atoms with E-state index in [9.17, 15) is 14.4 Å². The van der Waals surface area contributed by atoms with Crippen LogP contribution >= 0.6 is 11.6 Å². The molecule has 2 aliphatic rings.